The third-order valence-electron chi connectivity index (χ3n) is 6.76. The number of carbonyl (C=O) groups excluding carboxylic acids is 1. The van der Waals surface area contributed by atoms with Crippen molar-refractivity contribution in [2.45, 2.75) is 46.0 Å². The van der Waals surface area contributed by atoms with Crippen LogP contribution < -0.4 is 5.32 Å². The second kappa shape index (κ2) is 10.3. The molecule has 1 aliphatic rings. The van der Waals surface area contributed by atoms with Crippen LogP contribution in [-0.4, -0.2) is 33.6 Å². The predicted octanol–water partition coefficient (Wildman–Crippen LogP) is 6.34. The monoisotopic (exact) mass is 553 g/mol. The summed E-state index contributed by atoms with van der Waals surface area (Å²) in [6, 6.07) is 12.2. The van der Waals surface area contributed by atoms with E-state index in [1.54, 1.807) is 11.3 Å². The maximum atomic E-state index is 12.8. The zero-order valence-corrected chi connectivity index (χ0v) is 22.6. The fourth-order valence-electron chi connectivity index (χ4n) is 4.53. The van der Waals surface area contributed by atoms with Gasteiger partial charge in [-0.15, -0.1) is 21.5 Å². The zero-order valence-electron chi connectivity index (χ0n) is 21.8. The number of hydrogen-bond donors (Lipinski definition) is 1. The first-order valence-electron chi connectivity index (χ1n) is 12.2. The summed E-state index contributed by atoms with van der Waals surface area (Å²) in [6.07, 6.45) is -4.33. The van der Waals surface area contributed by atoms with Crippen LogP contribution in [0.1, 0.15) is 56.8 Å². The zero-order chi connectivity index (χ0) is 27.9. The number of carbonyl (C=O) groups is 1. The number of ether oxygens (including phenoxy) is 1. The number of nitrogens with one attached hydrogen (secondary N) is 1. The van der Waals surface area contributed by atoms with Gasteiger partial charge in [0.05, 0.1) is 24.8 Å². The molecular formula is C28H26F3N5O2S. The van der Waals surface area contributed by atoms with Crippen LogP contribution in [0, 0.1) is 20.8 Å². The summed E-state index contributed by atoms with van der Waals surface area (Å²) >= 11 is 1.63. The number of benzene rings is 2. The molecule has 1 aliphatic heterocycles. The molecule has 0 bridgehead atoms. The summed E-state index contributed by atoms with van der Waals surface area (Å²) in [4.78, 5) is 18.5. The van der Waals surface area contributed by atoms with Gasteiger partial charge in [-0.05, 0) is 56.2 Å². The number of aromatic nitrogens is 3. The van der Waals surface area contributed by atoms with Crippen molar-refractivity contribution in [1.82, 2.24) is 14.8 Å². The van der Waals surface area contributed by atoms with E-state index in [-0.39, 0.29) is 6.42 Å². The Kier molecular flexibility index (Phi) is 7.02. The van der Waals surface area contributed by atoms with Gasteiger partial charge in [0.15, 0.2) is 5.82 Å². The third-order valence-corrected chi connectivity index (χ3v) is 7.96. The molecule has 0 fully saturated rings. The molecule has 0 amide bonds. The maximum Gasteiger partial charge on any atom is 0.416 e. The predicted molar refractivity (Wildman–Crippen MR) is 144 cm³/mol. The lowest BCUT2D eigenvalue weighted by Crippen LogP contribution is -2.12. The molecule has 0 spiro atoms. The number of aryl methyl sites for hydroxylation is 2. The highest BCUT2D eigenvalue weighted by molar-refractivity contribution is 7.15. The van der Waals surface area contributed by atoms with Crippen molar-refractivity contribution >= 4 is 28.7 Å². The molecule has 2 aromatic carbocycles. The number of aliphatic imine (C=N–C) groups is 1. The van der Waals surface area contributed by atoms with E-state index in [1.807, 2.05) is 35.8 Å². The van der Waals surface area contributed by atoms with Gasteiger partial charge < -0.3 is 10.1 Å². The van der Waals surface area contributed by atoms with Gasteiger partial charge in [-0.3, -0.25) is 14.4 Å². The minimum atomic E-state index is -4.36. The first-order chi connectivity index (χ1) is 18.6. The van der Waals surface area contributed by atoms with Gasteiger partial charge in [-0.25, -0.2) is 0 Å². The van der Waals surface area contributed by atoms with Crippen LogP contribution in [-0.2, 0) is 22.3 Å². The van der Waals surface area contributed by atoms with Crippen LogP contribution in [0.2, 0.25) is 0 Å². The third kappa shape index (κ3) is 5.18. The SMILES string of the molecule is COC(=O)C[C@@H]1N=C(c2ccc(NCc3ccc(C(F)(F)F)cc3)cc2)c2c(sc(C)c2C)-n2c(C)nnc21. The number of nitrogens with zero attached hydrogens (tertiary/aromatic N) is 4. The van der Waals surface area contributed by atoms with Crippen LogP contribution in [0.25, 0.3) is 5.00 Å². The van der Waals surface area contributed by atoms with Crippen molar-refractivity contribution in [2.75, 3.05) is 12.4 Å². The van der Waals surface area contributed by atoms with Crippen molar-refractivity contribution in [3.63, 3.8) is 0 Å². The van der Waals surface area contributed by atoms with Crippen molar-refractivity contribution in [3.8, 4) is 5.00 Å². The number of anilines is 1. The highest BCUT2D eigenvalue weighted by Gasteiger charge is 2.33. The van der Waals surface area contributed by atoms with Crippen molar-refractivity contribution in [2.24, 2.45) is 4.99 Å². The summed E-state index contributed by atoms with van der Waals surface area (Å²) in [6.45, 7) is 6.37. The van der Waals surface area contributed by atoms with E-state index in [1.165, 1.54) is 19.2 Å². The van der Waals surface area contributed by atoms with Gasteiger partial charge in [0, 0.05) is 28.2 Å². The molecule has 0 radical (unpaired) electrons. The molecule has 4 aromatic rings. The van der Waals surface area contributed by atoms with E-state index in [9.17, 15) is 18.0 Å². The van der Waals surface area contributed by atoms with E-state index < -0.39 is 23.8 Å². The molecule has 202 valence electrons. The lowest BCUT2D eigenvalue weighted by molar-refractivity contribution is -0.141. The standard InChI is InChI=1S/C28H26F3N5O2S/c1-15-16(2)39-27-24(15)25(33-22(13-23(37)38-4)26-35-34-17(3)36(26)27)19-7-11-21(12-8-19)32-14-18-5-9-20(10-6-18)28(29,30)31/h5-12,22,32H,13-14H2,1-4H3/t22-/m0/s1. The number of rotatable bonds is 6. The average Bonchev–Trinajstić information content (AvgIpc) is 3.39. The Balaban J connectivity index is 1.46. The molecule has 1 atom stereocenters. The summed E-state index contributed by atoms with van der Waals surface area (Å²) < 4.78 is 45.4. The van der Waals surface area contributed by atoms with Crippen LogP contribution in [0.3, 0.4) is 0 Å². The minimum absolute atomic E-state index is 0.0257. The van der Waals surface area contributed by atoms with Gasteiger partial charge in [-0.1, -0.05) is 24.3 Å². The van der Waals surface area contributed by atoms with Crippen molar-refractivity contribution in [3.05, 3.63) is 92.9 Å². The normalized spacial score (nSPS) is 14.7. The van der Waals surface area contributed by atoms with Gasteiger partial charge in [0.2, 0.25) is 0 Å². The summed E-state index contributed by atoms with van der Waals surface area (Å²) in [5.41, 5.74) is 4.55. The van der Waals surface area contributed by atoms with Crippen LogP contribution in [0.15, 0.2) is 53.5 Å². The molecule has 3 heterocycles. The molecule has 11 heteroatoms. The first kappa shape index (κ1) is 26.6. The molecule has 7 nitrogen and oxygen atoms in total. The van der Waals surface area contributed by atoms with Crippen LogP contribution in [0.4, 0.5) is 18.9 Å². The molecule has 5 rings (SSSR count). The smallest absolute Gasteiger partial charge is 0.416 e. The molecule has 0 saturated carbocycles. The Morgan fingerprint density at radius 1 is 1.05 bits per heavy atom. The molecule has 0 aliphatic carbocycles. The number of alkyl halides is 3. The fraction of sp³-hybridized carbons (Fsp3) is 0.286. The largest absolute Gasteiger partial charge is 0.469 e. The molecule has 39 heavy (non-hydrogen) atoms. The molecule has 0 unspecified atom stereocenters. The minimum Gasteiger partial charge on any atom is -0.469 e. The fourth-order valence-corrected chi connectivity index (χ4v) is 5.74. The number of fused-ring (bicyclic) bond motifs is 3. The maximum absolute atomic E-state index is 12.8. The molecule has 1 N–H and O–H groups in total. The Labute approximate surface area is 227 Å². The van der Waals surface area contributed by atoms with Crippen LogP contribution >= 0.6 is 11.3 Å². The van der Waals surface area contributed by atoms with E-state index >= 15 is 0 Å². The highest BCUT2D eigenvalue weighted by Crippen LogP contribution is 2.39. The van der Waals surface area contributed by atoms with Gasteiger partial charge in [0.1, 0.15) is 16.9 Å². The summed E-state index contributed by atoms with van der Waals surface area (Å²) in [7, 11) is 1.35. The second-order valence-electron chi connectivity index (χ2n) is 9.30. The quantitative estimate of drug-likeness (QED) is 0.282. The van der Waals surface area contributed by atoms with E-state index in [0.29, 0.717) is 18.2 Å². The van der Waals surface area contributed by atoms with E-state index in [0.717, 1.165) is 55.7 Å². The van der Waals surface area contributed by atoms with Crippen molar-refractivity contribution in [1.29, 1.82) is 0 Å². The second-order valence-corrected chi connectivity index (χ2v) is 10.5. The van der Waals surface area contributed by atoms with Gasteiger partial charge in [0.25, 0.3) is 0 Å². The lowest BCUT2D eigenvalue weighted by Gasteiger charge is -2.13. The Hall–Kier alpha value is -3.99. The molecule has 2 aromatic heterocycles. The number of thiophene rings is 1. The first-order valence-corrected chi connectivity index (χ1v) is 13.1. The Morgan fingerprint density at radius 3 is 2.38 bits per heavy atom. The Bertz CT molecular complexity index is 1550. The number of esters is 1. The number of hydrogen-bond acceptors (Lipinski definition) is 7. The Morgan fingerprint density at radius 2 is 1.74 bits per heavy atom. The van der Waals surface area contributed by atoms with Gasteiger partial charge in [-0.2, -0.15) is 13.2 Å². The lowest BCUT2D eigenvalue weighted by atomic mass is 9.99. The molecule has 0 saturated heterocycles. The van der Waals surface area contributed by atoms with E-state index in [4.69, 9.17) is 9.73 Å². The van der Waals surface area contributed by atoms with E-state index in [2.05, 4.69) is 29.4 Å². The summed E-state index contributed by atoms with van der Waals surface area (Å²) in [5.74, 6) is 0.906. The van der Waals surface area contributed by atoms with Gasteiger partial charge >= 0.3 is 12.1 Å². The topological polar surface area (TPSA) is 81.4 Å². The average molecular weight is 554 g/mol. The number of halogens is 3. The van der Waals surface area contributed by atoms with Crippen LogP contribution in [0.5, 0.6) is 0 Å². The van der Waals surface area contributed by atoms with Crippen molar-refractivity contribution < 1.29 is 22.7 Å². The number of methoxy groups -OCH3 is 1. The summed E-state index contributed by atoms with van der Waals surface area (Å²) in [5, 5.41) is 12.8. The highest BCUT2D eigenvalue weighted by atomic mass is 32.1. The molecular weight excluding hydrogens is 527 g/mol.